The second-order valence-electron chi connectivity index (χ2n) is 8.48. The molecule has 1 saturated heterocycles. The van der Waals surface area contributed by atoms with Gasteiger partial charge in [0.05, 0.1) is 5.69 Å². The van der Waals surface area contributed by atoms with E-state index in [9.17, 15) is 14.4 Å². The number of aryl methyl sites for hydroxylation is 1. The molecule has 1 atom stereocenters. The van der Waals surface area contributed by atoms with Crippen molar-refractivity contribution in [2.75, 3.05) is 11.9 Å². The number of nitrogens with one attached hydrogen (secondary N) is 2. The van der Waals surface area contributed by atoms with E-state index in [0.717, 1.165) is 26.7 Å². The van der Waals surface area contributed by atoms with Crippen molar-refractivity contribution >= 4 is 39.8 Å². The molecule has 172 valence electrons. The Balaban J connectivity index is 1.19. The maximum absolute atomic E-state index is 13.0. The number of urea groups is 1. The van der Waals surface area contributed by atoms with Gasteiger partial charge in [0.25, 0.3) is 5.91 Å². The third-order valence-corrected chi connectivity index (χ3v) is 6.73. The van der Waals surface area contributed by atoms with E-state index >= 15 is 0 Å². The molecule has 2 aromatic carbocycles. The minimum atomic E-state index is -1.03. The highest BCUT2D eigenvalue weighted by Gasteiger charge is 2.47. The van der Waals surface area contributed by atoms with Crippen LogP contribution in [0.15, 0.2) is 72.4 Å². The number of thiazole rings is 1. The average Bonchev–Trinajstić information content (AvgIpc) is 3.49. The van der Waals surface area contributed by atoms with Gasteiger partial charge in [-0.25, -0.2) is 9.78 Å². The minimum Gasteiger partial charge on any atom is -0.325 e. The molecule has 3 heterocycles. The predicted molar refractivity (Wildman–Crippen MR) is 131 cm³/mol. The van der Waals surface area contributed by atoms with Gasteiger partial charge >= 0.3 is 6.03 Å². The van der Waals surface area contributed by atoms with Crippen LogP contribution < -0.4 is 10.6 Å². The Morgan fingerprint density at radius 2 is 1.88 bits per heavy atom. The summed E-state index contributed by atoms with van der Waals surface area (Å²) < 4.78 is 1.96. The Morgan fingerprint density at radius 1 is 1.12 bits per heavy atom. The van der Waals surface area contributed by atoms with Crippen LogP contribution in [0.3, 0.4) is 0 Å². The molecule has 1 fully saturated rings. The maximum Gasteiger partial charge on any atom is 0.325 e. The average molecular weight is 474 g/mol. The van der Waals surface area contributed by atoms with Gasteiger partial charge in [-0.05, 0) is 37.5 Å². The van der Waals surface area contributed by atoms with Crippen LogP contribution in [0.25, 0.3) is 16.2 Å². The van der Waals surface area contributed by atoms with Crippen molar-refractivity contribution in [1.82, 2.24) is 19.6 Å². The van der Waals surface area contributed by atoms with Crippen LogP contribution in [-0.2, 0) is 16.0 Å². The van der Waals surface area contributed by atoms with Gasteiger partial charge in [0.15, 0.2) is 4.96 Å². The highest BCUT2D eigenvalue weighted by atomic mass is 32.1. The molecule has 9 heteroatoms. The Kier molecular flexibility index (Phi) is 5.62. The lowest BCUT2D eigenvalue weighted by Gasteiger charge is -2.21. The van der Waals surface area contributed by atoms with E-state index in [1.165, 1.54) is 0 Å². The topological polar surface area (TPSA) is 95.8 Å². The molecule has 4 amide bonds. The Morgan fingerprint density at radius 3 is 2.62 bits per heavy atom. The molecule has 0 spiro atoms. The van der Waals surface area contributed by atoms with Gasteiger partial charge in [-0.3, -0.25) is 18.9 Å². The van der Waals surface area contributed by atoms with E-state index in [0.29, 0.717) is 18.5 Å². The van der Waals surface area contributed by atoms with E-state index in [1.54, 1.807) is 30.4 Å². The van der Waals surface area contributed by atoms with Crippen LogP contribution in [0.5, 0.6) is 0 Å². The minimum absolute atomic E-state index is 0.343. The van der Waals surface area contributed by atoms with Crippen molar-refractivity contribution in [3.8, 4) is 11.3 Å². The van der Waals surface area contributed by atoms with Gasteiger partial charge in [0, 0.05) is 29.0 Å². The summed E-state index contributed by atoms with van der Waals surface area (Å²) in [6.45, 7) is 1.36. The predicted octanol–water partition coefficient (Wildman–Crippen LogP) is 3.94. The van der Waals surface area contributed by atoms with Crippen LogP contribution >= 0.6 is 11.3 Å². The van der Waals surface area contributed by atoms with Crippen LogP contribution in [0.1, 0.15) is 18.9 Å². The molecule has 0 aliphatic carbocycles. The Bertz CT molecular complexity index is 1330. The summed E-state index contributed by atoms with van der Waals surface area (Å²) in [7, 11) is 0. The van der Waals surface area contributed by atoms with Gasteiger partial charge in [0.1, 0.15) is 12.1 Å². The summed E-state index contributed by atoms with van der Waals surface area (Å²) >= 11 is 1.56. The lowest BCUT2D eigenvalue weighted by Crippen LogP contribution is -2.45. The molecule has 1 aliphatic heterocycles. The van der Waals surface area contributed by atoms with E-state index in [2.05, 4.69) is 15.6 Å². The zero-order valence-corrected chi connectivity index (χ0v) is 19.3. The standard InChI is InChI=1S/C25H23N5O3S/c1-25(12-11-17-5-3-2-4-6-17)22(32)30(23(33)28-25)16-21(31)26-19-9-7-18(8-10-19)20-15-29-13-14-34-24(29)27-20/h2-10,13-15H,11-12,16H2,1H3,(H,26,31)(H,28,33)/t25-/m1/s1. The Labute approximate surface area is 200 Å². The Hall–Kier alpha value is -3.98. The summed E-state index contributed by atoms with van der Waals surface area (Å²) in [6, 6.07) is 16.5. The van der Waals surface area contributed by atoms with E-state index < -0.39 is 23.4 Å². The van der Waals surface area contributed by atoms with Gasteiger partial charge < -0.3 is 10.6 Å². The number of aromatic nitrogens is 2. The van der Waals surface area contributed by atoms with Crippen LogP contribution in [0.2, 0.25) is 0 Å². The number of carbonyl (C=O) groups is 3. The fourth-order valence-corrected chi connectivity index (χ4v) is 4.73. The summed E-state index contributed by atoms with van der Waals surface area (Å²) in [5.74, 6) is -0.829. The number of amides is 4. The lowest BCUT2D eigenvalue weighted by molar-refractivity contribution is -0.133. The van der Waals surface area contributed by atoms with Crippen molar-refractivity contribution in [3.63, 3.8) is 0 Å². The monoisotopic (exact) mass is 473 g/mol. The SMILES string of the molecule is C[C@]1(CCc2ccccc2)NC(=O)N(CC(=O)Nc2ccc(-c3cn4ccsc4n3)cc2)C1=O. The quantitative estimate of drug-likeness (QED) is 0.398. The molecule has 0 radical (unpaired) electrons. The maximum atomic E-state index is 13.0. The number of benzene rings is 2. The second kappa shape index (κ2) is 8.75. The number of imide groups is 1. The highest BCUT2D eigenvalue weighted by molar-refractivity contribution is 7.15. The number of anilines is 1. The zero-order valence-electron chi connectivity index (χ0n) is 18.5. The van der Waals surface area contributed by atoms with E-state index in [-0.39, 0.29) is 6.54 Å². The highest BCUT2D eigenvalue weighted by Crippen LogP contribution is 2.25. The smallest absolute Gasteiger partial charge is 0.325 e. The zero-order chi connectivity index (χ0) is 23.7. The van der Waals surface area contributed by atoms with E-state index in [1.807, 2.05) is 64.6 Å². The number of fused-ring (bicyclic) bond motifs is 1. The molecule has 2 aromatic heterocycles. The van der Waals surface area contributed by atoms with Crippen LogP contribution in [0, 0.1) is 0 Å². The fourth-order valence-electron chi connectivity index (χ4n) is 4.03. The van der Waals surface area contributed by atoms with Crippen molar-refractivity contribution in [2.45, 2.75) is 25.3 Å². The second-order valence-corrected chi connectivity index (χ2v) is 9.36. The first-order valence-corrected chi connectivity index (χ1v) is 11.8. The summed E-state index contributed by atoms with van der Waals surface area (Å²) in [5, 5.41) is 7.49. The van der Waals surface area contributed by atoms with Crippen molar-refractivity contribution in [2.24, 2.45) is 0 Å². The van der Waals surface area contributed by atoms with Crippen molar-refractivity contribution in [1.29, 1.82) is 0 Å². The fraction of sp³-hybridized carbons (Fsp3) is 0.200. The van der Waals surface area contributed by atoms with Crippen molar-refractivity contribution in [3.05, 3.63) is 77.9 Å². The molecule has 0 unspecified atom stereocenters. The summed E-state index contributed by atoms with van der Waals surface area (Å²) in [5.41, 5.74) is 2.40. The largest absolute Gasteiger partial charge is 0.325 e. The molecule has 4 aromatic rings. The van der Waals surface area contributed by atoms with Crippen molar-refractivity contribution < 1.29 is 14.4 Å². The summed E-state index contributed by atoms with van der Waals surface area (Å²) in [4.78, 5) is 44.5. The molecule has 2 N–H and O–H groups in total. The first kappa shape index (κ1) is 21.8. The number of rotatable bonds is 7. The lowest BCUT2D eigenvalue weighted by atomic mass is 9.93. The third-order valence-electron chi connectivity index (χ3n) is 5.96. The van der Waals surface area contributed by atoms with Gasteiger partial charge in [-0.1, -0.05) is 42.5 Å². The molecule has 8 nitrogen and oxygen atoms in total. The number of hydrogen-bond donors (Lipinski definition) is 2. The molecule has 0 bridgehead atoms. The molecule has 34 heavy (non-hydrogen) atoms. The normalized spacial score (nSPS) is 17.9. The number of hydrogen-bond acceptors (Lipinski definition) is 5. The molecule has 0 saturated carbocycles. The molecule has 5 rings (SSSR count). The first-order valence-electron chi connectivity index (χ1n) is 10.9. The van der Waals surface area contributed by atoms with Crippen LogP contribution in [0.4, 0.5) is 10.5 Å². The van der Waals surface area contributed by atoms with Crippen LogP contribution in [-0.4, -0.2) is 44.2 Å². The molecule has 1 aliphatic rings. The van der Waals surface area contributed by atoms with Gasteiger partial charge in [0.2, 0.25) is 5.91 Å². The molecular formula is C25H23N5O3S. The summed E-state index contributed by atoms with van der Waals surface area (Å²) in [6.07, 6.45) is 5.00. The van der Waals surface area contributed by atoms with E-state index in [4.69, 9.17) is 0 Å². The number of imidazole rings is 1. The molecular weight excluding hydrogens is 450 g/mol. The number of nitrogens with zero attached hydrogens (tertiary/aromatic N) is 3. The third kappa shape index (κ3) is 4.29. The number of carbonyl (C=O) groups excluding carboxylic acids is 3. The van der Waals surface area contributed by atoms with Gasteiger partial charge in [-0.15, -0.1) is 11.3 Å². The first-order chi connectivity index (χ1) is 16.4. The van der Waals surface area contributed by atoms with Gasteiger partial charge in [-0.2, -0.15) is 0 Å².